The maximum atomic E-state index is 9.10. The molecule has 0 atom stereocenters. The van der Waals surface area contributed by atoms with Crippen LogP contribution in [0.4, 0.5) is 0 Å². The average molecular weight is 440 g/mol. The lowest BCUT2D eigenvalue weighted by Crippen LogP contribution is -2.32. The van der Waals surface area contributed by atoms with E-state index in [1.807, 2.05) is 36.4 Å². The number of fused-ring (bicyclic) bond motifs is 2. The number of piperidine rings is 1. The van der Waals surface area contributed by atoms with Crippen LogP contribution in [0.25, 0.3) is 33.5 Å². The van der Waals surface area contributed by atoms with E-state index in [1.165, 1.54) is 5.01 Å². The summed E-state index contributed by atoms with van der Waals surface area (Å²) in [4.78, 5) is 15.5. The molecule has 0 amide bonds. The average Bonchev–Trinajstić information content (AvgIpc) is 3.56. The molecule has 0 unspecified atom stereocenters. The van der Waals surface area contributed by atoms with Crippen LogP contribution in [-0.4, -0.2) is 32.9 Å². The number of nitrogens with one attached hydrogen (secondary N) is 1. The van der Waals surface area contributed by atoms with Gasteiger partial charge < -0.3 is 9.40 Å². The summed E-state index contributed by atoms with van der Waals surface area (Å²) in [5.74, 6) is 2.28. The highest BCUT2D eigenvalue weighted by molar-refractivity contribution is 7.10. The molecule has 6 nitrogen and oxygen atoms in total. The van der Waals surface area contributed by atoms with Crippen molar-refractivity contribution < 1.29 is 4.42 Å². The number of aromatic nitrogens is 3. The third-order valence-electron chi connectivity index (χ3n) is 6.17. The Labute approximate surface area is 189 Å². The number of para-hydroxylation sites is 2. The monoisotopic (exact) mass is 439 g/mol. The minimum atomic E-state index is 0.482. The van der Waals surface area contributed by atoms with Crippen molar-refractivity contribution in [2.45, 2.75) is 25.3 Å². The van der Waals surface area contributed by atoms with Gasteiger partial charge in [0, 0.05) is 16.7 Å². The number of nitrogens with zero attached hydrogens (tertiary/aromatic N) is 4. The molecule has 7 heteroatoms. The predicted octanol–water partition coefficient (Wildman–Crippen LogP) is 5.68. The Morgan fingerprint density at radius 3 is 2.84 bits per heavy atom. The van der Waals surface area contributed by atoms with Crippen molar-refractivity contribution in [3.05, 3.63) is 70.3 Å². The fraction of sp³-hybridized carbons (Fsp3) is 0.240. The normalized spacial score (nSPS) is 15.5. The van der Waals surface area contributed by atoms with Crippen molar-refractivity contribution in [2.75, 3.05) is 13.1 Å². The second-order valence-corrected chi connectivity index (χ2v) is 9.19. The summed E-state index contributed by atoms with van der Waals surface area (Å²) < 4.78 is 5.98. The molecule has 32 heavy (non-hydrogen) atoms. The molecule has 1 saturated heterocycles. The Morgan fingerprint density at radius 1 is 1.12 bits per heavy atom. The Kier molecular flexibility index (Phi) is 4.75. The number of rotatable bonds is 4. The molecule has 6 rings (SSSR count). The number of imidazole rings is 1. The molecule has 1 aliphatic rings. The molecular formula is C25H21N5OS. The number of hydrogen-bond donors (Lipinski definition) is 1. The van der Waals surface area contributed by atoms with Gasteiger partial charge in [-0.15, -0.1) is 11.3 Å². The smallest absolute Gasteiger partial charge is 0.154 e. The van der Waals surface area contributed by atoms with Crippen molar-refractivity contribution in [3.63, 3.8) is 0 Å². The zero-order valence-electron chi connectivity index (χ0n) is 17.4. The summed E-state index contributed by atoms with van der Waals surface area (Å²) in [5, 5.41) is 13.3. The molecule has 1 aliphatic heterocycles. The quantitative estimate of drug-likeness (QED) is 0.389. The number of furan rings is 1. The van der Waals surface area contributed by atoms with Crippen LogP contribution in [0, 0.1) is 11.3 Å². The maximum Gasteiger partial charge on any atom is 0.154 e. The number of likely N-dealkylation sites (tertiary alicyclic amines) is 1. The van der Waals surface area contributed by atoms with Crippen LogP contribution >= 0.6 is 11.3 Å². The molecule has 1 fully saturated rings. The van der Waals surface area contributed by atoms with Crippen LogP contribution in [-0.2, 0) is 6.54 Å². The van der Waals surface area contributed by atoms with Crippen LogP contribution in [0.3, 0.4) is 0 Å². The maximum absolute atomic E-state index is 9.10. The second-order valence-electron chi connectivity index (χ2n) is 8.30. The number of hydrogen-bond acceptors (Lipinski definition) is 6. The Hall–Kier alpha value is -3.47. The lowest BCUT2D eigenvalue weighted by atomic mass is 9.97. The first-order valence-corrected chi connectivity index (χ1v) is 11.7. The highest BCUT2D eigenvalue weighted by atomic mass is 32.1. The van der Waals surface area contributed by atoms with Crippen LogP contribution in [0.5, 0.6) is 0 Å². The van der Waals surface area contributed by atoms with Gasteiger partial charge in [0.05, 0.1) is 34.2 Å². The number of H-pyrrole nitrogens is 1. The Bertz CT molecular complexity index is 1420. The minimum Gasteiger partial charge on any atom is -0.454 e. The molecule has 0 aliphatic carbocycles. The lowest BCUT2D eigenvalue weighted by Gasteiger charge is -2.30. The first-order chi connectivity index (χ1) is 15.7. The third-order valence-corrected chi connectivity index (χ3v) is 7.18. The number of aromatic amines is 1. The van der Waals surface area contributed by atoms with Gasteiger partial charge >= 0.3 is 0 Å². The fourth-order valence-corrected chi connectivity index (χ4v) is 5.44. The van der Waals surface area contributed by atoms with E-state index < -0.39 is 0 Å². The van der Waals surface area contributed by atoms with Gasteiger partial charge in [-0.3, -0.25) is 4.90 Å². The van der Waals surface area contributed by atoms with E-state index in [-0.39, 0.29) is 0 Å². The molecule has 5 aromatic rings. The Balaban J connectivity index is 1.12. The molecule has 2 aromatic carbocycles. The van der Waals surface area contributed by atoms with E-state index in [0.29, 0.717) is 11.5 Å². The molecule has 1 N–H and O–H groups in total. The highest BCUT2D eigenvalue weighted by Crippen LogP contribution is 2.35. The fourth-order valence-electron chi connectivity index (χ4n) is 4.46. The van der Waals surface area contributed by atoms with Crippen molar-refractivity contribution in [2.24, 2.45) is 0 Å². The third kappa shape index (κ3) is 3.58. The molecule has 158 valence electrons. The summed E-state index contributed by atoms with van der Waals surface area (Å²) >= 11 is 1.72. The molecule has 0 radical (unpaired) electrons. The highest BCUT2D eigenvalue weighted by Gasteiger charge is 2.24. The van der Waals surface area contributed by atoms with Gasteiger partial charge in [-0.1, -0.05) is 12.1 Å². The van der Waals surface area contributed by atoms with E-state index in [1.54, 1.807) is 17.4 Å². The van der Waals surface area contributed by atoms with Gasteiger partial charge in [-0.2, -0.15) is 5.26 Å². The van der Waals surface area contributed by atoms with Crippen molar-refractivity contribution >= 4 is 33.3 Å². The van der Waals surface area contributed by atoms with Crippen molar-refractivity contribution in [1.82, 2.24) is 19.9 Å². The molecule has 0 saturated carbocycles. The van der Waals surface area contributed by atoms with Gasteiger partial charge in [-0.05, 0) is 62.3 Å². The first-order valence-electron chi connectivity index (χ1n) is 10.8. The largest absolute Gasteiger partial charge is 0.454 e. The van der Waals surface area contributed by atoms with E-state index >= 15 is 0 Å². The van der Waals surface area contributed by atoms with Gasteiger partial charge in [-0.25, -0.2) is 9.97 Å². The predicted molar refractivity (Wildman–Crippen MR) is 125 cm³/mol. The van der Waals surface area contributed by atoms with E-state index in [0.717, 1.165) is 71.8 Å². The molecule has 3 aromatic heterocycles. The molecule has 0 spiro atoms. The Morgan fingerprint density at radius 2 is 2.00 bits per heavy atom. The van der Waals surface area contributed by atoms with Crippen molar-refractivity contribution in [3.8, 4) is 17.5 Å². The van der Waals surface area contributed by atoms with Crippen molar-refractivity contribution in [1.29, 1.82) is 5.26 Å². The zero-order valence-corrected chi connectivity index (χ0v) is 18.2. The first kappa shape index (κ1) is 19.2. The van der Waals surface area contributed by atoms with E-state index in [4.69, 9.17) is 19.6 Å². The van der Waals surface area contributed by atoms with Crippen LogP contribution in [0.15, 0.2) is 58.3 Å². The van der Waals surface area contributed by atoms with E-state index in [9.17, 15) is 0 Å². The van der Waals surface area contributed by atoms with Gasteiger partial charge in [0.2, 0.25) is 0 Å². The second kappa shape index (κ2) is 7.90. The summed E-state index contributed by atoms with van der Waals surface area (Å²) in [6.45, 7) is 2.94. The summed E-state index contributed by atoms with van der Waals surface area (Å²) in [7, 11) is 0. The van der Waals surface area contributed by atoms with Crippen LogP contribution in [0.2, 0.25) is 0 Å². The van der Waals surface area contributed by atoms with Crippen LogP contribution < -0.4 is 0 Å². The molecule has 0 bridgehead atoms. The number of nitriles is 1. The molecular weight excluding hydrogens is 418 g/mol. The van der Waals surface area contributed by atoms with Crippen LogP contribution in [0.1, 0.15) is 35.2 Å². The minimum absolute atomic E-state index is 0.482. The summed E-state index contributed by atoms with van der Waals surface area (Å²) in [6, 6.07) is 17.8. The molecule has 4 heterocycles. The lowest BCUT2D eigenvalue weighted by molar-refractivity contribution is 0.201. The zero-order chi connectivity index (χ0) is 21.5. The topological polar surface area (TPSA) is 81.7 Å². The standard InChI is InChI=1S/C25H21N5OS/c26-13-16-5-6-22-18(11-16)12-23(31-22)21-15-32-25(29-21)17-7-9-30(10-8-17)14-24-27-19-3-1-2-4-20(19)28-24/h1-6,11-12,15,17H,7-10,14H2,(H,27,28). The summed E-state index contributed by atoms with van der Waals surface area (Å²) in [6.07, 6.45) is 2.19. The van der Waals surface area contributed by atoms with Gasteiger partial charge in [0.1, 0.15) is 17.1 Å². The number of thiazole rings is 1. The van der Waals surface area contributed by atoms with E-state index in [2.05, 4.69) is 27.4 Å². The van der Waals surface area contributed by atoms with Gasteiger partial charge in [0.15, 0.2) is 5.76 Å². The van der Waals surface area contributed by atoms with Gasteiger partial charge in [0.25, 0.3) is 0 Å². The summed E-state index contributed by atoms with van der Waals surface area (Å²) in [5.41, 5.74) is 4.43. The number of benzene rings is 2. The SMILES string of the molecule is N#Cc1ccc2oc(-c3csc(C4CCN(Cc5nc6ccccc6[nH]5)CC4)n3)cc2c1.